The maximum absolute atomic E-state index is 5.97. The Balaban J connectivity index is 2.25. The predicted molar refractivity (Wildman–Crippen MR) is 71.5 cm³/mol. The SMILES string of the molecule is NCc1cnc(Oc2cc(Cl)c(Cl)cc2Cl)cn1. The molecular formula is C11H8Cl3N3O. The smallest absolute Gasteiger partial charge is 0.237 e. The van der Waals surface area contributed by atoms with Gasteiger partial charge in [0.2, 0.25) is 5.88 Å². The van der Waals surface area contributed by atoms with Crippen LogP contribution >= 0.6 is 34.8 Å². The minimum atomic E-state index is 0.299. The van der Waals surface area contributed by atoms with Gasteiger partial charge < -0.3 is 10.5 Å². The van der Waals surface area contributed by atoms with E-state index in [2.05, 4.69) is 9.97 Å². The van der Waals surface area contributed by atoms with Crippen LogP contribution in [0.15, 0.2) is 24.5 Å². The van der Waals surface area contributed by atoms with Gasteiger partial charge in [0, 0.05) is 12.6 Å². The molecule has 0 saturated carbocycles. The van der Waals surface area contributed by atoms with Crippen LogP contribution in [0.1, 0.15) is 5.69 Å². The minimum absolute atomic E-state index is 0.299. The standard InChI is InChI=1S/C11H8Cl3N3O/c12-7-1-9(14)10(2-8(7)13)18-11-5-16-6(3-15)4-17-11/h1-2,4-5H,3,15H2. The van der Waals surface area contributed by atoms with Gasteiger partial charge in [-0.3, -0.25) is 4.98 Å². The van der Waals surface area contributed by atoms with Crippen molar-refractivity contribution in [2.75, 3.05) is 0 Å². The number of benzene rings is 1. The van der Waals surface area contributed by atoms with Crippen molar-refractivity contribution in [2.24, 2.45) is 5.73 Å². The molecule has 0 spiro atoms. The molecule has 0 unspecified atom stereocenters. The van der Waals surface area contributed by atoms with Crippen LogP contribution in [-0.4, -0.2) is 9.97 Å². The first-order chi connectivity index (χ1) is 8.60. The fourth-order valence-electron chi connectivity index (χ4n) is 1.20. The van der Waals surface area contributed by atoms with E-state index in [0.29, 0.717) is 38.9 Å². The molecule has 0 aliphatic heterocycles. The maximum atomic E-state index is 5.97. The highest BCUT2D eigenvalue weighted by atomic mass is 35.5. The molecule has 2 N–H and O–H groups in total. The lowest BCUT2D eigenvalue weighted by molar-refractivity contribution is 0.459. The van der Waals surface area contributed by atoms with Crippen molar-refractivity contribution >= 4 is 34.8 Å². The minimum Gasteiger partial charge on any atom is -0.436 e. The van der Waals surface area contributed by atoms with Crippen molar-refractivity contribution in [1.82, 2.24) is 9.97 Å². The zero-order valence-electron chi connectivity index (χ0n) is 9.03. The molecule has 2 aromatic rings. The summed E-state index contributed by atoms with van der Waals surface area (Å²) >= 11 is 17.7. The molecule has 18 heavy (non-hydrogen) atoms. The van der Waals surface area contributed by atoms with Gasteiger partial charge in [-0.2, -0.15) is 0 Å². The topological polar surface area (TPSA) is 61.0 Å². The Kier molecular flexibility index (Phi) is 4.24. The highest BCUT2D eigenvalue weighted by Crippen LogP contribution is 2.35. The largest absolute Gasteiger partial charge is 0.436 e. The average molecular weight is 305 g/mol. The van der Waals surface area contributed by atoms with E-state index >= 15 is 0 Å². The first-order valence-corrected chi connectivity index (χ1v) is 6.07. The van der Waals surface area contributed by atoms with Crippen LogP contribution < -0.4 is 10.5 Å². The number of hydrogen-bond donors (Lipinski definition) is 1. The quantitative estimate of drug-likeness (QED) is 0.879. The Morgan fingerprint density at radius 2 is 1.72 bits per heavy atom. The molecule has 0 aliphatic rings. The zero-order chi connectivity index (χ0) is 13.1. The number of rotatable bonds is 3. The third-order valence-corrected chi connectivity index (χ3v) is 3.10. The number of aromatic nitrogens is 2. The summed E-state index contributed by atoms with van der Waals surface area (Å²) in [7, 11) is 0. The molecule has 0 atom stereocenters. The first-order valence-electron chi connectivity index (χ1n) is 4.93. The predicted octanol–water partition coefficient (Wildman–Crippen LogP) is 3.69. The van der Waals surface area contributed by atoms with Crippen LogP contribution in [-0.2, 0) is 6.54 Å². The lowest BCUT2D eigenvalue weighted by Crippen LogP contribution is -2.00. The van der Waals surface area contributed by atoms with Crippen molar-refractivity contribution in [2.45, 2.75) is 6.54 Å². The zero-order valence-corrected chi connectivity index (χ0v) is 11.3. The second-order valence-corrected chi connectivity index (χ2v) is 4.57. The summed E-state index contributed by atoms with van der Waals surface area (Å²) in [6.07, 6.45) is 2.99. The number of nitrogens with two attached hydrogens (primary N) is 1. The molecule has 1 aromatic carbocycles. The molecule has 1 aromatic heterocycles. The van der Waals surface area contributed by atoms with E-state index in [9.17, 15) is 0 Å². The molecule has 7 heteroatoms. The first kappa shape index (κ1) is 13.4. The highest BCUT2D eigenvalue weighted by molar-refractivity contribution is 6.43. The Hall–Kier alpha value is -1.07. The van der Waals surface area contributed by atoms with Gasteiger partial charge in [0.1, 0.15) is 5.75 Å². The van der Waals surface area contributed by atoms with Crippen LogP contribution in [0.2, 0.25) is 15.1 Å². The van der Waals surface area contributed by atoms with Gasteiger partial charge >= 0.3 is 0 Å². The second-order valence-electron chi connectivity index (χ2n) is 3.35. The van der Waals surface area contributed by atoms with E-state index in [1.54, 1.807) is 0 Å². The lowest BCUT2D eigenvalue weighted by Gasteiger charge is -2.07. The molecular weight excluding hydrogens is 296 g/mol. The summed E-state index contributed by atoms with van der Waals surface area (Å²) in [5.41, 5.74) is 6.09. The van der Waals surface area contributed by atoms with Crippen molar-refractivity contribution in [3.8, 4) is 11.6 Å². The van der Waals surface area contributed by atoms with Gasteiger partial charge in [-0.25, -0.2) is 4.98 Å². The molecule has 0 fully saturated rings. The fraction of sp³-hybridized carbons (Fsp3) is 0.0909. The fourth-order valence-corrected chi connectivity index (χ4v) is 1.77. The van der Waals surface area contributed by atoms with Crippen LogP contribution in [0, 0.1) is 0 Å². The van der Waals surface area contributed by atoms with Crippen molar-refractivity contribution in [3.63, 3.8) is 0 Å². The Labute approximate surface area is 119 Å². The molecule has 0 saturated heterocycles. The Bertz CT molecular complexity index is 560. The van der Waals surface area contributed by atoms with Gasteiger partial charge in [0.05, 0.1) is 33.2 Å². The highest BCUT2D eigenvalue weighted by Gasteiger charge is 2.09. The lowest BCUT2D eigenvalue weighted by atomic mass is 10.3. The number of halogens is 3. The van der Waals surface area contributed by atoms with Gasteiger partial charge in [0.15, 0.2) is 0 Å². The molecule has 0 radical (unpaired) electrons. The van der Waals surface area contributed by atoms with Gasteiger partial charge in [-0.1, -0.05) is 34.8 Å². The average Bonchev–Trinajstić information content (AvgIpc) is 2.37. The van der Waals surface area contributed by atoms with Crippen LogP contribution in [0.3, 0.4) is 0 Å². The number of hydrogen-bond acceptors (Lipinski definition) is 4. The van der Waals surface area contributed by atoms with Crippen molar-refractivity contribution < 1.29 is 4.74 Å². The molecule has 0 aliphatic carbocycles. The number of ether oxygens (including phenoxy) is 1. The normalized spacial score (nSPS) is 10.4. The molecule has 94 valence electrons. The summed E-state index contributed by atoms with van der Waals surface area (Å²) in [5.74, 6) is 0.661. The third kappa shape index (κ3) is 3.03. The summed E-state index contributed by atoms with van der Waals surface area (Å²) in [5, 5.41) is 1.05. The Morgan fingerprint density at radius 1 is 1.00 bits per heavy atom. The van der Waals surface area contributed by atoms with Crippen LogP contribution in [0.5, 0.6) is 11.6 Å². The third-order valence-electron chi connectivity index (χ3n) is 2.08. The summed E-state index contributed by atoms with van der Waals surface area (Å²) in [4.78, 5) is 8.09. The second kappa shape index (κ2) is 5.71. The molecule has 0 bridgehead atoms. The van der Waals surface area contributed by atoms with Gasteiger partial charge in [-0.15, -0.1) is 0 Å². The summed E-state index contributed by atoms with van der Waals surface area (Å²) in [6.45, 7) is 0.320. The van der Waals surface area contributed by atoms with Gasteiger partial charge in [-0.05, 0) is 6.07 Å². The summed E-state index contributed by atoms with van der Waals surface area (Å²) < 4.78 is 5.45. The van der Waals surface area contributed by atoms with Crippen LogP contribution in [0.4, 0.5) is 0 Å². The number of nitrogens with zero attached hydrogens (tertiary/aromatic N) is 2. The van der Waals surface area contributed by atoms with Crippen molar-refractivity contribution in [1.29, 1.82) is 0 Å². The molecule has 4 nitrogen and oxygen atoms in total. The molecule has 2 rings (SSSR count). The van der Waals surface area contributed by atoms with E-state index in [-0.39, 0.29) is 0 Å². The van der Waals surface area contributed by atoms with Crippen LogP contribution in [0.25, 0.3) is 0 Å². The molecule has 1 heterocycles. The van der Waals surface area contributed by atoms with Gasteiger partial charge in [0.25, 0.3) is 0 Å². The Morgan fingerprint density at radius 3 is 2.33 bits per heavy atom. The van der Waals surface area contributed by atoms with E-state index in [1.165, 1.54) is 24.5 Å². The maximum Gasteiger partial charge on any atom is 0.237 e. The monoisotopic (exact) mass is 303 g/mol. The van der Waals surface area contributed by atoms with Crippen molar-refractivity contribution in [3.05, 3.63) is 45.3 Å². The van der Waals surface area contributed by atoms with E-state index < -0.39 is 0 Å². The molecule has 0 amide bonds. The van der Waals surface area contributed by atoms with E-state index in [0.717, 1.165) is 0 Å². The van der Waals surface area contributed by atoms with E-state index in [4.69, 9.17) is 45.3 Å². The summed E-state index contributed by atoms with van der Waals surface area (Å²) in [6, 6.07) is 3.02. The van der Waals surface area contributed by atoms with E-state index in [1.807, 2.05) is 0 Å².